The zero-order chi connectivity index (χ0) is 21.0. The molecule has 0 aromatic carbocycles. The van der Waals surface area contributed by atoms with E-state index < -0.39 is 5.96 Å². The van der Waals surface area contributed by atoms with Gasteiger partial charge >= 0.3 is 185 Å². The molecule has 28 heavy (non-hydrogen) atoms. The van der Waals surface area contributed by atoms with Crippen LogP contribution in [0.25, 0.3) is 0 Å². The molecule has 0 aliphatic carbocycles. The van der Waals surface area contributed by atoms with E-state index in [-0.39, 0.29) is 0 Å². The molecule has 0 N–H and O–H groups in total. The maximum atomic E-state index is 7.83. The van der Waals surface area contributed by atoms with Crippen LogP contribution in [0.3, 0.4) is 0 Å². The standard InChI is InChI=1S/C26H56ClP/c1-5-9-13-14-15-16-17-18-22-26-28(27,23-19-10-6-2,24-20-11-7-3)25-21-12-8-4/h5-26H2,1-4H3. The third-order valence-electron chi connectivity index (χ3n) is 6.78. The predicted octanol–water partition coefficient (Wildman–Crippen LogP) is 10.8. The summed E-state index contributed by atoms with van der Waals surface area (Å²) < 4.78 is 0. The molecule has 0 atom stereocenters. The summed E-state index contributed by atoms with van der Waals surface area (Å²) in [6.07, 6.45) is 30.6. The first-order chi connectivity index (χ1) is 13.5. The SMILES string of the molecule is CCCCCCCCCCCP(Cl)(CCCCC)(CCCCC)CCCCC. The van der Waals surface area contributed by atoms with Crippen molar-refractivity contribution in [1.29, 1.82) is 0 Å². The van der Waals surface area contributed by atoms with E-state index in [2.05, 4.69) is 27.7 Å². The summed E-state index contributed by atoms with van der Waals surface area (Å²) >= 11 is 7.83. The molecule has 0 aliphatic heterocycles. The van der Waals surface area contributed by atoms with Gasteiger partial charge in [0.1, 0.15) is 0 Å². The van der Waals surface area contributed by atoms with E-state index in [1.807, 2.05) is 0 Å². The summed E-state index contributed by atoms with van der Waals surface area (Å²) in [5, 5.41) is 0. The summed E-state index contributed by atoms with van der Waals surface area (Å²) in [6.45, 7) is 9.30. The van der Waals surface area contributed by atoms with Crippen LogP contribution in [0.2, 0.25) is 0 Å². The van der Waals surface area contributed by atoms with Gasteiger partial charge < -0.3 is 0 Å². The van der Waals surface area contributed by atoms with Crippen molar-refractivity contribution in [3.8, 4) is 0 Å². The minimum absolute atomic E-state index is 1.32. The first-order valence-corrected chi connectivity index (χ1v) is 17.1. The van der Waals surface area contributed by atoms with Crippen LogP contribution >= 0.6 is 17.2 Å². The van der Waals surface area contributed by atoms with Gasteiger partial charge in [0.2, 0.25) is 0 Å². The number of rotatable bonds is 22. The van der Waals surface area contributed by atoms with E-state index in [0.29, 0.717) is 0 Å². The third kappa shape index (κ3) is 14.7. The van der Waals surface area contributed by atoms with Crippen LogP contribution in [0.1, 0.15) is 143 Å². The fraction of sp³-hybridized carbons (Fsp3) is 1.00. The van der Waals surface area contributed by atoms with E-state index in [1.54, 1.807) is 0 Å². The molecule has 0 fully saturated rings. The van der Waals surface area contributed by atoms with Crippen molar-refractivity contribution in [2.24, 2.45) is 0 Å². The van der Waals surface area contributed by atoms with E-state index in [4.69, 9.17) is 11.2 Å². The molecule has 0 spiro atoms. The molecule has 0 aromatic heterocycles. The minimum atomic E-state index is -2.01. The van der Waals surface area contributed by atoms with Crippen LogP contribution in [0, 0.1) is 0 Å². The maximum absolute atomic E-state index is 7.83. The van der Waals surface area contributed by atoms with E-state index in [0.717, 1.165) is 0 Å². The first-order valence-electron chi connectivity index (χ1n) is 13.3. The molecule has 0 rings (SSSR count). The van der Waals surface area contributed by atoms with Crippen LogP contribution < -0.4 is 0 Å². The number of hydrogen-bond donors (Lipinski definition) is 0. The molecule has 0 amide bonds. The van der Waals surface area contributed by atoms with Gasteiger partial charge in [-0.3, -0.25) is 0 Å². The first kappa shape index (κ1) is 28.7. The molecule has 0 aromatic rings. The quantitative estimate of drug-likeness (QED) is 0.117. The Labute approximate surface area is 185 Å². The normalized spacial score (nSPS) is 13.5. The van der Waals surface area contributed by atoms with E-state index in [9.17, 15) is 0 Å². The van der Waals surface area contributed by atoms with Gasteiger partial charge in [0.15, 0.2) is 0 Å². The number of hydrogen-bond acceptors (Lipinski definition) is 0. The van der Waals surface area contributed by atoms with Crippen molar-refractivity contribution in [3.05, 3.63) is 0 Å². The van der Waals surface area contributed by atoms with Crippen LogP contribution in [-0.2, 0) is 0 Å². The second-order valence-electron chi connectivity index (χ2n) is 9.66. The van der Waals surface area contributed by atoms with Crippen LogP contribution in [-0.4, -0.2) is 24.6 Å². The Balaban J connectivity index is 4.59. The second-order valence-corrected chi connectivity index (χ2v) is 18.0. The van der Waals surface area contributed by atoms with Crippen molar-refractivity contribution in [2.75, 3.05) is 24.6 Å². The average molecular weight is 435 g/mol. The van der Waals surface area contributed by atoms with Crippen molar-refractivity contribution >= 4 is 17.2 Å². The van der Waals surface area contributed by atoms with Crippen molar-refractivity contribution in [2.45, 2.75) is 143 Å². The molecular formula is C26H56ClP. The van der Waals surface area contributed by atoms with Gasteiger partial charge in [-0.05, 0) is 0 Å². The molecule has 0 radical (unpaired) electrons. The van der Waals surface area contributed by atoms with Gasteiger partial charge in [-0.25, -0.2) is 0 Å². The number of halogens is 1. The van der Waals surface area contributed by atoms with Gasteiger partial charge in [-0.2, -0.15) is 0 Å². The Morgan fingerprint density at radius 3 is 0.893 bits per heavy atom. The second kappa shape index (κ2) is 18.5. The molecule has 0 heterocycles. The fourth-order valence-electron chi connectivity index (χ4n) is 4.76. The Morgan fingerprint density at radius 2 is 0.571 bits per heavy atom. The molecule has 0 unspecified atom stereocenters. The van der Waals surface area contributed by atoms with Gasteiger partial charge in [0.05, 0.1) is 0 Å². The van der Waals surface area contributed by atoms with Crippen molar-refractivity contribution < 1.29 is 0 Å². The summed E-state index contributed by atoms with van der Waals surface area (Å²) in [4.78, 5) is 0. The van der Waals surface area contributed by atoms with Gasteiger partial charge in [0, 0.05) is 0 Å². The Hall–Kier alpha value is 0.720. The molecule has 0 aliphatic rings. The Kier molecular flexibility index (Phi) is 19.0. The third-order valence-corrected chi connectivity index (χ3v) is 14.5. The summed E-state index contributed by atoms with van der Waals surface area (Å²) in [5.74, 6) is -2.01. The molecule has 0 saturated carbocycles. The van der Waals surface area contributed by atoms with E-state index >= 15 is 0 Å². The molecule has 0 bridgehead atoms. The zero-order valence-corrected chi connectivity index (χ0v) is 22.0. The monoisotopic (exact) mass is 434 g/mol. The molecule has 0 nitrogen and oxygen atoms in total. The van der Waals surface area contributed by atoms with Crippen LogP contribution in [0.5, 0.6) is 0 Å². The fourth-order valence-corrected chi connectivity index (χ4v) is 11.6. The van der Waals surface area contributed by atoms with Crippen LogP contribution in [0.15, 0.2) is 0 Å². The molecule has 0 saturated heterocycles. The van der Waals surface area contributed by atoms with Crippen molar-refractivity contribution in [1.82, 2.24) is 0 Å². The van der Waals surface area contributed by atoms with Crippen LogP contribution in [0.4, 0.5) is 0 Å². The molecule has 2 heteroatoms. The van der Waals surface area contributed by atoms with Gasteiger partial charge in [-0.1, -0.05) is 0 Å². The summed E-state index contributed by atoms with van der Waals surface area (Å²) in [6, 6.07) is 0. The molecule has 172 valence electrons. The molecular weight excluding hydrogens is 379 g/mol. The average Bonchev–Trinajstić information content (AvgIpc) is 2.68. The predicted molar refractivity (Wildman–Crippen MR) is 138 cm³/mol. The van der Waals surface area contributed by atoms with Gasteiger partial charge in [0.25, 0.3) is 0 Å². The topological polar surface area (TPSA) is 0 Å². The summed E-state index contributed by atoms with van der Waals surface area (Å²) in [7, 11) is 0. The van der Waals surface area contributed by atoms with Crippen molar-refractivity contribution in [3.63, 3.8) is 0 Å². The number of unbranched alkanes of at least 4 members (excludes halogenated alkanes) is 14. The summed E-state index contributed by atoms with van der Waals surface area (Å²) in [5.41, 5.74) is 0. The zero-order valence-electron chi connectivity index (χ0n) is 20.4. The Morgan fingerprint density at radius 1 is 0.357 bits per heavy atom. The van der Waals surface area contributed by atoms with E-state index in [1.165, 1.54) is 140 Å². The van der Waals surface area contributed by atoms with Gasteiger partial charge in [-0.15, -0.1) is 0 Å². The Bertz CT molecular complexity index is 299.